The number of thioether (sulfide) groups is 1. The highest BCUT2D eigenvalue weighted by Crippen LogP contribution is 2.41. The van der Waals surface area contributed by atoms with Gasteiger partial charge in [-0.1, -0.05) is 23.9 Å². The van der Waals surface area contributed by atoms with E-state index < -0.39 is 0 Å². The Morgan fingerprint density at radius 3 is 2.12 bits per heavy atom. The van der Waals surface area contributed by atoms with E-state index in [0.29, 0.717) is 63.8 Å². The summed E-state index contributed by atoms with van der Waals surface area (Å²) < 4.78 is 21.8. The molecule has 0 spiro atoms. The van der Waals surface area contributed by atoms with Crippen LogP contribution < -0.4 is 14.2 Å². The van der Waals surface area contributed by atoms with Crippen molar-refractivity contribution in [2.45, 2.75) is 18.1 Å². The van der Waals surface area contributed by atoms with Gasteiger partial charge in [0.15, 0.2) is 11.5 Å². The molecule has 2 aromatic carbocycles. The first-order valence-corrected chi connectivity index (χ1v) is 11.3. The van der Waals surface area contributed by atoms with E-state index in [9.17, 15) is 9.59 Å². The van der Waals surface area contributed by atoms with Crippen molar-refractivity contribution in [2.24, 2.45) is 0 Å². The molecule has 2 amide bonds. The second-order valence-electron chi connectivity index (χ2n) is 7.15. The van der Waals surface area contributed by atoms with E-state index in [1.54, 1.807) is 36.4 Å². The van der Waals surface area contributed by atoms with Gasteiger partial charge in [0.05, 0.1) is 32.5 Å². The molecule has 3 aromatic rings. The lowest BCUT2D eigenvalue weighted by Crippen LogP contribution is -2.30. The lowest BCUT2D eigenvalue weighted by molar-refractivity contribution is 0.0652. The lowest BCUT2D eigenvalue weighted by Gasteiger charge is -2.13. The van der Waals surface area contributed by atoms with Crippen molar-refractivity contribution in [1.82, 2.24) is 15.1 Å². The number of ether oxygens (including phenoxy) is 3. The van der Waals surface area contributed by atoms with Crippen LogP contribution in [0.5, 0.6) is 17.2 Å². The van der Waals surface area contributed by atoms with Crippen LogP contribution in [0.15, 0.2) is 46.0 Å². The number of unbranched alkanes of at least 4 members (excludes halogenated alkanes) is 1. The number of carbonyl (C=O) groups excluding carboxylic acids is 2. The number of rotatable bonds is 10. The van der Waals surface area contributed by atoms with E-state index in [2.05, 4.69) is 10.2 Å². The largest absolute Gasteiger partial charge is 0.493 e. The summed E-state index contributed by atoms with van der Waals surface area (Å²) in [5.41, 5.74) is 1.60. The minimum absolute atomic E-state index is 0.227. The average molecular weight is 470 g/mol. The van der Waals surface area contributed by atoms with Gasteiger partial charge in [-0.15, -0.1) is 10.2 Å². The van der Waals surface area contributed by atoms with E-state index in [1.165, 1.54) is 38.0 Å². The van der Waals surface area contributed by atoms with Gasteiger partial charge in [0.1, 0.15) is 0 Å². The Balaban J connectivity index is 1.31. The molecule has 33 heavy (non-hydrogen) atoms. The summed E-state index contributed by atoms with van der Waals surface area (Å²) in [4.78, 5) is 26.1. The van der Waals surface area contributed by atoms with E-state index >= 15 is 0 Å². The van der Waals surface area contributed by atoms with Crippen molar-refractivity contribution in [1.29, 1.82) is 0 Å². The second-order valence-corrected chi connectivity index (χ2v) is 8.20. The topological polar surface area (TPSA) is 104 Å². The van der Waals surface area contributed by atoms with Gasteiger partial charge in [-0.05, 0) is 37.1 Å². The third-order valence-corrected chi connectivity index (χ3v) is 6.10. The molecule has 0 aliphatic carbocycles. The summed E-state index contributed by atoms with van der Waals surface area (Å²) in [6.45, 7) is 0.382. The van der Waals surface area contributed by atoms with E-state index in [-0.39, 0.29) is 11.8 Å². The van der Waals surface area contributed by atoms with Crippen LogP contribution in [0.4, 0.5) is 0 Å². The maximum atomic E-state index is 12.4. The monoisotopic (exact) mass is 469 g/mol. The Kier molecular flexibility index (Phi) is 6.83. The molecule has 0 atom stereocenters. The zero-order valence-corrected chi connectivity index (χ0v) is 19.3. The van der Waals surface area contributed by atoms with Crippen LogP contribution in [0.2, 0.25) is 0 Å². The van der Waals surface area contributed by atoms with Crippen molar-refractivity contribution in [3.8, 4) is 28.7 Å². The highest BCUT2D eigenvalue weighted by atomic mass is 32.2. The van der Waals surface area contributed by atoms with Crippen molar-refractivity contribution in [3.05, 3.63) is 47.5 Å². The van der Waals surface area contributed by atoms with Crippen molar-refractivity contribution in [3.63, 3.8) is 0 Å². The summed E-state index contributed by atoms with van der Waals surface area (Å²) in [7, 11) is 4.62. The molecule has 0 saturated heterocycles. The molecule has 2 heterocycles. The highest BCUT2D eigenvalue weighted by Gasteiger charge is 2.34. The second kappa shape index (κ2) is 9.95. The minimum atomic E-state index is -0.227. The number of fused-ring (bicyclic) bond motifs is 1. The number of carbonyl (C=O) groups is 2. The smallest absolute Gasteiger partial charge is 0.276 e. The predicted octanol–water partition coefficient (Wildman–Crippen LogP) is 3.93. The fraction of sp³-hybridized carbons (Fsp3) is 0.304. The molecule has 0 radical (unpaired) electrons. The van der Waals surface area contributed by atoms with Crippen LogP contribution >= 0.6 is 11.8 Å². The Bertz CT molecular complexity index is 1120. The normalized spacial score (nSPS) is 12.8. The van der Waals surface area contributed by atoms with Crippen LogP contribution in [0.3, 0.4) is 0 Å². The molecule has 9 nitrogen and oxygen atoms in total. The highest BCUT2D eigenvalue weighted by molar-refractivity contribution is 7.99. The van der Waals surface area contributed by atoms with Gasteiger partial charge in [0, 0.05) is 17.9 Å². The quantitative estimate of drug-likeness (QED) is 0.248. The van der Waals surface area contributed by atoms with Gasteiger partial charge in [-0.2, -0.15) is 0 Å². The van der Waals surface area contributed by atoms with Gasteiger partial charge in [0.25, 0.3) is 17.0 Å². The number of hydrogen-bond acceptors (Lipinski definition) is 9. The molecule has 0 saturated carbocycles. The van der Waals surface area contributed by atoms with E-state index in [0.717, 1.165) is 6.42 Å². The predicted molar refractivity (Wildman–Crippen MR) is 121 cm³/mol. The molecule has 0 unspecified atom stereocenters. The molecular formula is C23H23N3O6S. The molecule has 0 bridgehead atoms. The van der Waals surface area contributed by atoms with E-state index in [4.69, 9.17) is 18.6 Å². The molecule has 1 aliphatic rings. The van der Waals surface area contributed by atoms with Crippen LogP contribution in [0.25, 0.3) is 11.5 Å². The summed E-state index contributed by atoms with van der Waals surface area (Å²) in [6, 6.07) is 10.4. The number of imide groups is 1. The molecular weight excluding hydrogens is 446 g/mol. The third kappa shape index (κ3) is 4.51. The Morgan fingerprint density at radius 2 is 1.55 bits per heavy atom. The van der Waals surface area contributed by atoms with E-state index in [1.807, 2.05) is 0 Å². The molecule has 1 aromatic heterocycles. The molecule has 1 aliphatic heterocycles. The van der Waals surface area contributed by atoms with Gasteiger partial charge in [-0.3, -0.25) is 14.5 Å². The number of methoxy groups -OCH3 is 3. The first-order valence-electron chi connectivity index (χ1n) is 10.3. The SMILES string of the molecule is COc1cc(-c2nnc(SCCCCN3C(=O)c4ccccc4C3=O)o2)cc(OC)c1OC. The van der Waals surface area contributed by atoms with Crippen molar-refractivity contribution in [2.75, 3.05) is 33.6 Å². The Morgan fingerprint density at radius 1 is 0.909 bits per heavy atom. The molecule has 172 valence electrons. The van der Waals surface area contributed by atoms with Crippen LogP contribution in [-0.2, 0) is 0 Å². The van der Waals surface area contributed by atoms with Gasteiger partial charge < -0.3 is 18.6 Å². The fourth-order valence-corrected chi connectivity index (χ4v) is 4.32. The zero-order chi connectivity index (χ0) is 23.4. The number of nitrogens with zero attached hydrogens (tertiary/aromatic N) is 3. The Labute approximate surface area is 195 Å². The molecule has 4 rings (SSSR count). The summed E-state index contributed by atoms with van der Waals surface area (Å²) in [5, 5.41) is 8.63. The number of benzene rings is 2. The molecule has 0 fully saturated rings. The standard InChI is InChI=1S/C23H23N3O6S/c1-29-17-12-14(13-18(30-2)19(17)31-3)20-24-25-23(32-20)33-11-7-6-10-26-21(27)15-8-4-5-9-16(15)22(26)28/h4-5,8-9,12-13H,6-7,10-11H2,1-3H3. The minimum Gasteiger partial charge on any atom is -0.493 e. The number of aromatic nitrogens is 2. The van der Waals surface area contributed by atoms with Crippen molar-refractivity contribution >= 4 is 23.6 Å². The average Bonchev–Trinajstić information content (AvgIpc) is 3.41. The summed E-state index contributed by atoms with van der Waals surface area (Å²) >= 11 is 1.42. The number of hydrogen-bond donors (Lipinski definition) is 0. The van der Waals surface area contributed by atoms with Gasteiger partial charge in [-0.25, -0.2) is 0 Å². The first kappa shape index (κ1) is 22.7. The fourth-order valence-electron chi connectivity index (χ4n) is 3.56. The summed E-state index contributed by atoms with van der Waals surface area (Å²) in [5.74, 6) is 2.06. The van der Waals surface area contributed by atoms with Gasteiger partial charge in [0.2, 0.25) is 11.6 Å². The summed E-state index contributed by atoms with van der Waals surface area (Å²) in [6.07, 6.45) is 1.46. The van der Waals surface area contributed by atoms with Crippen LogP contribution in [0.1, 0.15) is 33.6 Å². The van der Waals surface area contributed by atoms with Gasteiger partial charge >= 0.3 is 0 Å². The first-order chi connectivity index (χ1) is 16.1. The zero-order valence-electron chi connectivity index (χ0n) is 18.5. The number of amides is 2. The molecule has 0 N–H and O–H groups in total. The van der Waals surface area contributed by atoms with Crippen LogP contribution in [-0.4, -0.2) is 60.5 Å². The van der Waals surface area contributed by atoms with Crippen LogP contribution in [0, 0.1) is 0 Å². The molecule has 10 heteroatoms. The maximum Gasteiger partial charge on any atom is 0.276 e. The maximum absolute atomic E-state index is 12.4. The van der Waals surface area contributed by atoms with Crippen molar-refractivity contribution < 1.29 is 28.2 Å². The lowest BCUT2D eigenvalue weighted by atomic mass is 10.1. The third-order valence-electron chi connectivity index (χ3n) is 5.20. The Hall–Kier alpha value is -3.53.